The van der Waals surface area contributed by atoms with Gasteiger partial charge in [0, 0.05) is 22.0 Å². The van der Waals surface area contributed by atoms with Gasteiger partial charge in [-0.3, -0.25) is 4.79 Å². The van der Waals surface area contributed by atoms with Gasteiger partial charge in [-0.15, -0.1) is 11.3 Å². The van der Waals surface area contributed by atoms with Crippen LogP contribution in [0.25, 0.3) is 10.1 Å². The number of thiophene rings is 1. The topological polar surface area (TPSA) is 49.3 Å². The van der Waals surface area contributed by atoms with Crippen molar-refractivity contribution in [2.24, 2.45) is 5.41 Å². The molecule has 0 aliphatic heterocycles. The number of anilines is 1. The number of rotatable bonds is 5. The summed E-state index contributed by atoms with van der Waals surface area (Å²) in [6, 6.07) is 8.21. The van der Waals surface area contributed by atoms with Gasteiger partial charge in [-0.2, -0.15) is 0 Å². The molecule has 1 aromatic heterocycles. The second kappa shape index (κ2) is 4.98. The highest BCUT2D eigenvalue weighted by Crippen LogP contribution is 2.30. The third-order valence-electron chi connectivity index (χ3n) is 3.13. The van der Waals surface area contributed by atoms with E-state index in [1.54, 1.807) is 25.2 Å². The number of aliphatic carboxylic acids is 1. The Morgan fingerprint density at radius 2 is 2.11 bits per heavy atom. The number of hydrogen-bond donors (Lipinski definition) is 2. The van der Waals surface area contributed by atoms with Crippen LogP contribution < -0.4 is 5.32 Å². The maximum Gasteiger partial charge on any atom is 0.309 e. The number of benzene rings is 1. The number of carbonyl (C=O) groups is 1. The summed E-state index contributed by atoms with van der Waals surface area (Å²) < 4.78 is 1.25. The molecular formula is C14H17NO2S. The van der Waals surface area contributed by atoms with Gasteiger partial charge in [-0.25, -0.2) is 0 Å². The molecule has 2 aromatic rings. The van der Waals surface area contributed by atoms with E-state index in [-0.39, 0.29) is 0 Å². The highest BCUT2D eigenvalue weighted by molar-refractivity contribution is 7.17. The van der Waals surface area contributed by atoms with E-state index in [9.17, 15) is 4.79 Å². The van der Waals surface area contributed by atoms with Crippen LogP contribution in [-0.4, -0.2) is 17.6 Å². The molecule has 0 aliphatic rings. The summed E-state index contributed by atoms with van der Waals surface area (Å²) in [7, 11) is 0. The van der Waals surface area contributed by atoms with E-state index in [0.717, 1.165) is 5.69 Å². The number of nitrogens with one attached hydrogen (secondary N) is 1. The standard InChI is InChI=1S/C14H17NO2S/c1-14(2,13(16)17)7-8-15-11-9-18-12-6-4-3-5-10(11)12/h3-6,9,15H,7-8H2,1-2H3,(H,16,17). The third-order valence-corrected chi connectivity index (χ3v) is 4.09. The van der Waals surface area contributed by atoms with Crippen molar-refractivity contribution in [2.45, 2.75) is 20.3 Å². The van der Waals surface area contributed by atoms with Crippen molar-refractivity contribution in [2.75, 3.05) is 11.9 Å². The lowest BCUT2D eigenvalue weighted by Gasteiger charge is -2.19. The van der Waals surface area contributed by atoms with Crippen molar-refractivity contribution in [3.63, 3.8) is 0 Å². The van der Waals surface area contributed by atoms with E-state index in [0.29, 0.717) is 13.0 Å². The lowest BCUT2D eigenvalue weighted by atomic mass is 9.90. The van der Waals surface area contributed by atoms with E-state index in [1.165, 1.54) is 10.1 Å². The molecule has 4 heteroatoms. The molecule has 2 N–H and O–H groups in total. The Bertz CT molecular complexity index is 560. The normalized spacial score (nSPS) is 11.7. The van der Waals surface area contributed by atoms with Gasteiger partial charge in [0.2, 0.25) is 0 Å². The number of carboxylic acid groups (broad SMARTS) is 1. The van der Waals surface area contributed by atoms with Crippen molar-refractivity contribution >= 4 is 33.1 Å². The maximum atomic E-state index is 11.0. The van der Waals surface area contributed by atoms with Gasteiger partial charge in [0.05, 0.1) is 11.1 Å². The fourth-order valence-corrected chi connectivity index (χ4v) is 2.65. The van der Waals surface area contributed by atoms with Crippen LogP contribution in [-0.2, 0) is 4.79 Å². The molecule has 3 nitrogen and oxygen atoms in total. The molecule has 96 valence electrons. The summed E-state index contributed by atoms with van der Waals surface area (Å²) in [5, 5.41) is 15.7. The van der Waals surface area contributed by atoms with Crippen molar-refractivity contribution in [1.29, 1.82) is 0 Å². The minimum atomic E-state index is -0.750. The Labute approximate surface area is 110 Å². The van der Waals surface area contributed by atoms with Gasteiger partial charge in [0.1, 0.15) is 0 Å². The van der Waals surface area contributed by atoms with Crippen LogP contribution in [0.5, 0.6) is 0 Å². The summed E-state index contributed by atoms with van der Waals surface area (Å²) in [4.78, 5) is 11.0. The second-order valence-electron chi connectivity index (χ2n) is 5.01. The molecule has 1 heterocycles. The van der Waals surface area contributed by atoms with Gasteiger partial charge in [0.15, 0.2) is 0 Å². The van der Waals surface area contributed by atoms with E-state index in [2.05, 4.69) is 22.8 Å². The first-order valence-corrected chi connectivity index (χ1v) is 6.82. The van der Waals surface area contributed by atoms with Crippen LogP contribution in [0.3, 0.4) is 0 Å². The van der Waals surface area contributed by atoms with Crippen LogP contribution in [0.2, 0.25) is 0 Å². The summed E-state index contributed by atoms with van der Waals surface area (Å²) in [6.07, 6.45) is 0.604. The molecule has 2 rings (SSSR count). The van der Waals surface area contributed by atoms with Crippen molar-refractivity contribution in [1.82, 2.24) is 0 Å². The summed E-state index contributed by atoms with van der Waals surface area (Å²) in [6.45, 7) is 4.17. The molecule has 0 spiro atoms. The minimum Gasteiger partial charge on any atom is -0.481 e. The first kappa shape index (κ1) is 12.9. The van der Waals surface area contributed by atoms with E-state index in [4.69, 9.17) is 5.11 Å². The molecular weight excluding hydrogens is 246 g/mol. The highest BCUT2D eigenvalue weighted by atomic mass is 32.1. The fraction of sp³-hybridized carbons (Fsp3) is 0.357. The van der Waals surface area contributed by atoms with Crippen LogP contribution in [0.1, 0.15) is 20.3 Å². The lowest BCUT2D eigenvalue weighted by Crippen LogP contribution is -2.26. The summed E-state index contributed by atoms with van der Waals surface area (Å²) in [5.74, 6) is -0.750. The molecule has 0 amide bonds. The predicted molar refractivity (Wildman–Crippen MR) is 76.3 cm³/mol. The molecule has 0 bridgehead atoms. The number of carboxylic acids is 1. The summed E-state index contributed by atoms with van der Waals surface area (Å²) >= 11 is 1.70. The Morgan fingerprint density at radius 1 is 1.39 bits per heavy atom. The van der Waals surface area contributed by atoms with Gasteiger partial charge >= 0.3 is 5.97 Å². The molecule has 0 unspecified atom stereocenters. The van der Waals surface area contributed by atoms with Gasteiger partial charge in [-0.1, -0.05) is 18.2 Å². The highest BCUT2D eigenvalue weighted by Gasteiger charge is 2.26. The van der Waals surface area contributed by atoms with E-state index in [1.807, 2.05) is 12.1 Å². The fourth-order valence-electron chi connectivity index (χ4n) is 1.73. The molecule has 0 saturated heterocycles. The molecule has 0 aliphatic carbocycles. The largest absolute Gasteiger partial charge is 0.481 e. The maximum absolute atomic E-state index is 11.0. The first-order chi connectivity index (χ1) is 8.50. The average molecular weight is 263 g/mol. The zero-order valence-electron chi connectivity index (χ0n) is 10.6. The van der Waals surface area contributed by atoms with Crippen LogP contribution in [0.4, 0.5) is 5.69 Å². The zero-order chi connectivity index (χ0) is 13.2. The van der Waals surface area contributed by atoms with Crippen molar-refractivity contribution < 1.29 is 9.90 Å². The van der Waals surface area contributed by atoms with E-state index >= 15 is 0 Å². The van der Waals surface area contributed by atoms with E-state index < -0.39 is 11.4 Å². The quantitative estimate of drug-likeness (QED) is 0.862. The van der Waals surface area contributed by atoms with Gasteiger partial charge in [-0.05, 0) is 26.3 Å². The molecule has 0 radical (unpaired) electrons. The summed E-state index contributed by atoms with van der Waals surface area (Å²) in [5.41, 5.74) is 0.413. The number of hydrogen-bond acceptors (Lipinski definition) is 3. The Balaban J connectivity index is 2.01. The zero-order valence-corrected chi connectivity index (χ0v) is 11.4. The third kappa shape index (κ3) is 2.64. The molecule has 1 aromatic carbocycles. The molecule has 18 heavy (non-hydrogen) atoms. The Hall–Kier alpha value is -1.55. The van der Waals surface area contributed by atoms with Crippen LogP contribution >= 0.6 is 11.3 Å². The number of fused-ring (bicyclic) bond motifs is 1. The predicted octanol–water partition coefficient (Wildman–Crippen LogP) is 3.81. The van der Waals surface area contributed by atoms with Crippen molar-refractivity contribution in [3.05, 3.63) is 29.6 Å². The first-order valence-electron chi connectivity index (χ1n) is 5.94. The van der Waals surface area contributed by atoms with Crippen LogP contribution in [0, 0.1) is 5.41 Å². The monoisotopic (exact) mass is 263 g/mol. The molecule has 0 atom stereocenters. The molecule has 0 saturated carbocycles. The SMILES string of the molecule is CC(C)(CCNc1csc2ccccc12)C(=O)O. The smallest absolute Gasteiger partial charge is 0.309 e. The lowest BCUT2D eigenvalue weighted by molar-refractivity contribution is -0.147. The Morgan fingerprint density at radius 3 is 2.83 bits per heavy atom. The Kier molecular flexibility index (Phi) is 3.57. The van der Waals surface area contributed by atoms with Gasteiger partial charge in [0.25, 0.3) is 0 Å². The average Bonchev–Trinajstić information content (AvgIpc) is 2.72. The second-order valence-corrected chi connectivity index (χ2v) is 5.92. The molecule has 0 fully saturated rings. The van der Waals surface area contributed by atoms with Gasteiger partial charge < -0.3 is 10.4 Å². The minimum absolute atomic E-state index is 0.604. The van der Waals surface area contributed by atoms with Crippen molar-refractivity contribution in [3.8, 4) is 0 Å². The van der Waals surface area contributed by atoms with Crippen LogP contribution in [0.15, 0.2) is 29.6 Å².